The zero-order valence-electron chi connectivity index (χ0n) is 18.4. The largest absolute Gasteiger partial charge is 0.458 e. The number of aromatic nitrogens is 2. The highest BCUT2D eigenvalue weighted by Crippen LogP contribution is 2.27. The van der Waals surface area contributed by atoms with Gasteiger partial charge in [0, 0.05) is 50.5 Å². The number of hydrogen-bond acceptors (Lipinski definition) is 6. The molecule has 1 aliphatic heterocycles. The zero-order chi connectivity index (χ0) is 23.1. The molecule has 1 aliphatic rings. The molecule has 3 aromatic heterocycles. The standard InChI is InChI=1S/C24H24FN5O3/c1-14-20(4-3-18(27-14)23(31)26-2)30-8-6-29(7-9-30)13-15-11-17(25)21-16-5-10-33-22(16)24(32)28-19(21)12-15/h3-5,10-12H,6-9,13H2,1-2H3,(H,26,31)(H,28,32). The summed E-state index contributed by atoms with van der Waals surface area (Å²) >= 11 is 0. The maximum absolute atomic E-state index is 15.0. The summed E-state index contributed by atoms with van der Waals surface area (Å²) in [6.07, 6.45) is 1.40. The van der Waals surface area contributed by atoms with Crippen molar-refractivity contribution in [2.75, 3.05) is 38.1 Å². The van der Waals surface area contributed by atoms with Crippen LogP contribution >= 0.6 is 0 Å². The van der Waals surface area contributed by atoms with Crippen molar-refractivity contribution in [3.05, 3.63) is 69.7 Å². The van der Waals surface area contributed by atoms with Gasteiger partial charge in [0.05, 0.1) is 23.2 Å². The minimum absolute atomic E-state index is 0.137. The number of aromatic amines is 1. The number of nitrogens with one attached hydrogen (secondary N) is 2. The summed E-state index contributed by atoms with van der Waals surface area (Å²) in [6, 6.07) is 8.67. The number of rotatable bonds is 4. The van der Waals surface area contributed by atoms with Crippen LogP contribution < -0.4 is 15.8 Å². The Hall–Kier alpha value is -3.72. The van der Waals surface area contributed by atoms with Crippen molar-refractivity contribution >= 4 is 33.5 Å². The zero-order valence-corrected chi connectivity index (χ0v) is 18.4. The average Bonchev–Trinajstić information content (AvgIpc) is 3.29. The number of hydrogen-bond donors (Lipinski definition) is 2. The lowest BCUT2D eigenvalue weighted by Gasteiger charge is -2.36. The number of benzene rings is 1. The lowest BCUT2D eigenvalue weighted by atomic mass is 10.1. The quantitative estimate of drug-likeness (QED) is 0.498. The maximum Gasteiger partial charge on any atom is 0.292 e. The molecule has 8 nitrogen and oxygen atoms in total. The average molecular weight is 449 g/mol. The number of anilines is 1. The third-order valence-electron chi connectivity index (χ3n) is 6.18. The van der Waals surface area contributed by atoms with Crippen LogP contribution in [0.15, 0.2) is 45.8 Å². The maximum atomic E-state index is 15.0. The SMILES string of the molecule is CNC(=O)c1ccc(N2CCN(Cc3cc(F)c4c(c3)[nH]c(=O)c3occc34)CC2)c(C)n1. The molecule has 170 valence electrons. The Morgan fingerprint density at radius 3 is 2.73 bits per heavy atom. The first kappa shape index (κ1) is 21.1. The van der Waals surface area contributed by atoms with Gasteiger partial charge in [0.1, 0.15) is 11.5 Å². The summed E-state index contributed by atoms with van der Waals surface area (Å²) in [6.45, 7) is 5.68. The van der Waals surface area contributed by atoms with E-state index < -0.39 is 0 Å². The van der Waals surface area contributed by atoms with Crippen LogP contribution in [0.1, 0.15) is 21.7 Å². The number of fused-ring (bicyclic) bond motifs is 3. The topological polar surface area (TPSA) is 94.5 Å². The molecule has 0 bridgehead atoms. The van der Waals surface area contributed by atoms with Crippen LogP contribution in [0.3, 0.4) is 0 Å². The highest BCUT2D eigenvalue weighted by atomic mass is 19.1. The van der Waals surface area contributed by atoms with Gasteiger partial charge in [-0.2, -0.15) is 0 Å². The van der Waals surface area contributed by atoms with Gasteiger partial charge in [-0.1, -0.05) is 0 Å². The smallest absolute Gasteiger partial charge is 0.292 e. The van der Waals surface area contributed by atoms with Crippen molar-refractivity contribution in [2.45, 2.75) is 13.5 Å². The lowest BCUT2D eigenvalue weighted by Crippen LogP contribution is -2.46. The van der Waals surface area contributed by atoms with Gasteiger partial charge in [0.15, 0.2) is 5.58 Å². The van der Waals surface area contributed by atoms with Crippen LogP contribution in [0, 0.1) is 12.7 Å². The molecule has 0 aliphatic carbocycles. The molecule has 0 saturated carbocycles. The van der Waals surface area contributed by atoms with Crippen molar-refractivity contribution in [1.82, 2.24) is 20.2 Å². The number of halogens is 1. The number of carbonyl (C=O) groups excluding carboxylic acids is 1. The van der Waals surface area contributed by atoms with E-state index in [1.807, 2.05) is 19.1 Å². The summed E-state index contributed by atoms with van der Waals surface area (Å²) < 4.78 is 20.2. The van der Waals surface area contributed by atoms with E-state index in [1.54, 1.807) is 19.2 Å². The third-order valence-corrected chi connectivity index (χ3v) is 6.18. The Balaban J connectivity index is 1.31. The van der Waals surface area contributed by atoms with Gasteiger partial charge in [0.2, 0.25) is 0 Å². The van der Waals surface area contributed by atoms with Gasteiger partial charge in [-0.15, -0.1) is 0 Å². The molecular weight excluding hydrogens is 425 g/mol. The van der Waals surface area contributed by atoms with Crippen LogP contribution in [0.2, 0.25) is 0 Å². The molecule has 4 aromatic rings. The second-order valence-electron chi connectivity index (χ2n) is 8.26. The number of carbonyl (C=O) groups is 1. The Morgan fingerprint density at radius 2 is 2.00 bits per heavy atom. The van der Waals surface area contributed by atoms with Gasteiger partial charge in [0.25, 0.3) is 11.5 Å². The molecule has 1 fully saturated rings. The molecule has 0 spiro atoms. The molecule has 33 heavy (non-hydrogen) atoms. The van der Waals surface area contributed by atoms with Crippen molar-refractivity contribution in [1.29, 1.82) is 0 Å². The van der Waals surface area contributed by atoms with Gasteiger partial charge in [-0.25, -0.2) is 9.37 Å². The number of pyridine rings is 2. The van der Waals surface area contributed by atoms with Gasteiger partial charge in [-0.05, 0) is 42.8 Å². The number of aryl methyl sites for hydroxylation is 1. The van der Waals surface area contributed by atoms with Crippen LogP contribution in [0.5, 0.6) is 0 Å². The van der Waals surface area contributed by atoms with E-state index in [1.165, 1.54) is 12.3 Å². The molecule has 1 aromatic carbocycles. The molecule has 0 unspecified atom stereocenters. The molecule has 5 rings (SSSR count). The molecule has 1 amide bonds. The number of piperazine rings is 1. The summed E-state index contributed by atoms with van der Waals surface area (Å²) in [5.74, 6) is -0.575. The van der Waals surface area contributed by atoms with E-state index in [-0.39, 0.29) is 22.9 Å². The Labute approximate surface area is 189 Å². The molecule has 4 heterocycles. The summed E-state index contributed by atoms with van der Waals surface area (Å²) in [7, 11) is 1.59. The highest BCUT2D eigenvalue weighted by Gasteiger charge is 2.21. The van der Waals surface area contributed by atoms with Gasteiger partial charge in [-0.3, -0.25) is 14.5 Å². The van der Waals surface area contributed by atoms with Crippen LogP contribution in [0.4, 0.5) is 10.1 Å². The number of H-pyrrole nitrogens is 1. The van der Waals surface area contributed by atoms with Crippen molar-refractivity contribution in [2.24, 2.45) is 0 Å². The summed E-state index contributed by atoms with van der Waals surface area (Å²) in [4.78, 5) is 35.7. The van der Waals surface area contributed by atoms with Gasteiger partial charge < -0.3 is 19.6 Å². The van der Waals surface area contributed by atoms with Crippen LogP contribution in [-0.2, 0) is 6.54 Å². The Kier molecular flexibility index (Phi) is 5.33. The first-order chi connectivity index (χ1) is 15.9. The molecule has 2 N–H and O–H groups in total. The van der Waals surface area contributed by atoms with Crippen molar-refractivity contribution in [3.63, 3.8) is 0 Å². The Bertz CT molecular complexity index is 1420. The molecule has 1 saturated heterocycles. The van der Waals surface area contributed by atoms with E-state index in [4.69, 9.17) is 4.42 Å². The number of amides is 1. The first-order valence-corrected chi connectivity index (χ1v) is 10.8. The minimum atomic E-state index is -0.373. The number of nitrogens with zero attached hydrogens (tertiary/aromatic N) is 3. The summed E-state index contributed by atoms with van der Waals surface area (Å²) in [5.41, 5.74) is 3.29. The van der Waals surface area contributed by atoms with Crippen molar-refractivity contribution in [3.8, 4) is 0 Å². The van der Waals surface area contributed by atoms with Gasteiger partial charge >= 0.3 is 0 Å². The highest BCUT2D eigenvalue weighted by molar-refractivity contribution is 6.03. The number of furan rings is 1. The fraction of sp³-hybridized carbons (Fsp3) is 0.292. The second-order valence-corrected chi connectivity index (χ2v) is 8.26. The van der Waals surface area contributed by atoms with Crippen molar-refractivity contribution < 1.29 is 13.6 Å². The van der Waals surface area contributed by atoms with E-state index in [2.05, 4.69) is 25.1 Å². The van der Waals surface area contributed by atoms with E-state index in [9.17, 15) is 14.0 Å². The molecular formula is C24H24FN5O3. The normalized spacial score (nSPS) is 14.8. The molecule has 0 radical (unpaired) electrons. The monoisotopic (exact) mass is 449 g/mol. The molecule has 9 heteroatoms. The first-order valence-electron chi connectivity index (χ1n) is 10.8. The van der Waals surface area contributed by atoms with Crippen LogP contribution in [-0.4, -0.2) is 54.0 Å². The minimum Gasteiger partial charge on any atom is -0.458 e. The third kappa shape index (κ3) is 3.84. The predicted molar refractivity (Wildman–Crippen MR) is 124 cm³/mol. The van der Waals surface area contributed by atoms with E-state index >= 15 is 0 Å². The fourth-order valence-corrected chi connectivity index (χ4v) is 4.54. The Morgan fingerprint density at radius 1 is 1.21 bits per heavy atom. The predicted octanol–water partition coefficient (Wildman–Crippen LogP) is 2.80. The lowest BCUT2D eigenvalue weighted by molar-refractivity contribution is 0.0958. The van der Waals surface area contributed by atoms with E-state index in [0.29, 0.717) is 28.5 Å². The van der Waals surface area contributed by atoms with Crippen LogP contribution in [0.25, 0.3) is 21.9 Å². The molecule has 0 atom stereocenters. The van der Waals surface area contributed by atoms with E-state index in [0.717, 1.165) is 43.1 Å². The second kappa shape index (κ2) is 8.32. The summed E-state index contributed by atoms with van der Waals surface area (Å²) in [5, 5.41) is 3.44. The fourth-order valence-electron chi connectivity index (χ4n) is 4.54.